The number of nitrogens with one attached hydrogen (secondary N) is 1. The quantitative estimate of drug-likeness (QED) is 0.727. The highest BCUT2D eigenvalue weighted by molar-refractivity contribution is 5.90. The van der Waals surface area contributed by atoms with E-state index < -0.39 is 0 Å². The van der Waals surface area contributed by atoms with Crippen molar-refractivity contribution in [2.75, 3.05) is 26.5 Å². The van der Waals surface area contributed by atoms with E-state index in [1.54, 1.807) is 14.2 Å². The van der Waals surface area contributed by atoms with Crippen molar-refractivity contribution < 1.29 is 4.74 Å². The van der Waals surface area contributed by atoms with E-state index in [4.69, 9.17) is 4.74 Å². The molecule has 0 aliphatic carbocycles. The summed E-state index contributed by atoms with van der Waals surface area (Å²) in [5.41, 5.74) is 1.08. The number of ether oxygens (including phenoxy) is 1. The van der Waals surface area contributed by atoms with Crippen LogP contribution in [0, 0.1) is 0 Å². The first kappa shape index (κ1) is 18.9. The van der Waals surface area contributed by atoms with Gasteiger partial charge in [-0.2, -0.15) is 5.10 Å². The summed E-state index contributed by atoms with van der Waals surface area (Å²) >= 11 is 0. The number of anilines is 1. The maximum Gasteiger partial charge on any atom is 0.274 e. The number of benzene rings is 2. The van der Waals surface area contributed by atoms with Gasteiger partial charge in [0.25, 0.3) is 5.56 Å². The smallest absolute Gasteiger partial charge is 0.274 e. The second-order valence-corrected chi connectivity index (χ2v) is 6.94. The van der Waals surface area contributed by atoms with Gasteiger partial charge in [0.1, 0.15) is 5.75 Å². The predicted octanol–water partition coefficient (Wildman–Crippen LogP) is 3.05. The lowest BCUT2D eigenvalue weighted by Gasteiger charge is -2.31. The second-order valence-electron chi connectivity index (χ2n) is 6.94. The number of aryl methyl sites for hydroxylation is 1. The Labute approximate surface area is 159 Å². The van der Waals surface area contributed by atoms with Crippen molar-refractivity contribution >= 4 is 16.6 Å². The van der Waals surface area contributed by atoms with Gasteiger partial charge in [-0.05, 0) is 44.8 Å². The molecule has 0 fully saturated rings. The molecule has 0 amide bonds. The molecule has 6 heteroatoms. The van der Waals surface area contributed by atoms with E-state index in [2.05, 4.69) is 48.5 Å². The zero-order chi connectivity index (χ0) is 19.6. The Morgan fingerprint density at radius 2 is 1.70 bits per heavy atom. The Kier molecular flexibility index (Phi) is 5.46. The summed E-state index contributed by atoms with van der Waals surface area (Å²) in [7, 11) is 7.45. The van der Waals surface area contributed by atoms with E-state index in [9.17, 15) is 4.79 Å². The molecule has 0 saturated heterocycles. The molecule has 1 N–H and O–H groups in total. The summed E-state index contributed by atoms with van der Waals surface area (Å²) in [4.78, 5) is 14.5. The van der Waals surface area contributed by atoms with Crippen LogP contribution in [0.15, 0.2) is 53.3 Å². The summed E-state index contributed by atoms with van der Waals surface area (Å²) in [5.74, 6) is 1.54. The lowest BCUT2D eigenvalue weighted by molar-refractivity contribution is 0.275. The fourth-order valence-electron chi connectivity index (χ4n) is 3.54. The van der Waals surface area contributed by atoms with Gasteiger partial charge in [0, 0.05) is 18.5 Å². The molecule has 2 atom stereocenters. The number of methoxy groups -OCH3 is 1. The molecule has 0 radical (unpaired) electrons. The summed E-state index contributed by atoms with van der Waals surface area (Å²) in [6, 6.07) is 15.8. The summed E-state index contributed by atoms with van der Waals surface area (Å²) in [6.07, 6.45) is 0. The van der Waals surface area contributed by atoms with Gasteiger partial charge in [0.15, 0.2) is 5.82 Å². The molecule has 0 bridgehead atoms. The highest BCUT2D eigenvalue weighted by Crippen LogP contribution is 2.27. The predicted molar refractivity (Wildman–Crippen MR) is 109 cm³/mol. The van der Waals surface area contributed by atoms with Crippen molar-refractivity contribution in [1.29, 1.82) is 0 Å². The molecular formula is C21H26N4O2. The molecule has 3 aromatic rings. The number of fused-ring (bicyclic) bond motifs is 1. The largest absolute Gasteiger partial charge is 0.497 e. The fraction of sp³-hybridized carbons (Fsp3) is 0.333. The van der Waals surface area contributed by atoms with Crippen LogP contribution >= 0.6 is 0 Å². The van der Waals surface area contributed by atoms with E-state index in [-0.39, 0.29) is 17.6 Å². The minimum Gasteiger partial charge on any atom is -0.497 e. The van der Waals surface area contributed by atoms with Gasteiger partial charge < -0.3 is 15.0 Å². The molecule has 0 saturated carbocycles. The molecule has 0 spiro atoms. The van der Waals surface area contributed by atoms with Crippen LogP contribution in [0.2, 0.25) is 0 Å². The lowest BCUT2D eigenvalue weighted by Crippen LogP contribution is -2.35. The van der Waals surface area contributed by atoms with Crippen molar-refractivity contribution in [3.8, 4) is 5.75 Å². The van der Waals surface area contributed by atoms with Gasteiger partial charge in [-0.3, -0.25) is 4.79 Å². The van der Waals surface area contributed by atoms with Crippen molar-refractivity contribution in [2.45, 2.75) is 19.0 Å². The van der Waals surface area contributed by atoms with Crippen LogP contribution in [-0.2, 0) is 7.05 Å². The van der Waals surface area contributed by atoms with Gasteiger partial charge in [0.05, 0.1) is 18.5 Å². The topological polar surface area (TPSA) is 59.4 Å². The van der Waals surface area contributed by atoms with Crippen molar-refractivity contribution in [2.24, 2.45) is 7.05 Å². The van der Waals surface area contributed by atoms with Gasteiger partial charge in [-0.25, -0.2) is 4.68 Å². The zero-order valence-corrected chi connectivity index (χ0v) is 16.4. The molecule has 0 aliphatic heterocycles. The van der Waals surface area contributed by atoms with Crippen LogP contribution in [-0.4, -0.2) is 41.9 Å². The highest BCUT2D eigenvalue weighted by atomic mass is 16.5. The lowest BCUT2D eigenvalue weighted by atomic mass is 9.99. The monoisotopic (exact) mass is 366 g/mol. The van der Waals surface area contributed by atoms with Crippen LogP contribution in [0.25, 0.3) is 10.8 Å². The third-order valence-electron chi connectivity index (χ3n) is 4.81. The van der Waals surface area contributed by atoms with Crippen molar-refractivity contribution in [3.05, 3.63) is 64.4 Å². The maximum absolute atomic E-state index is 12.3. The summed E-state index contributed by atoms with van der Waals surface area (Å²) in [6.45, 7) is 2.12. The number of likely N-dealkylation sites (N-methyl/N-ethyl adjacent to an activating group) is 1. The Hall–Kier alpha value is -2.86. The Bertz CT molecular complexity index is 980. The third-order valence-corrected chi connectivity index (χ3v) is 4.81. The molecular weight excluding hydrogens is 340 g/mol. The number of rotatable bonds is 6. The first-order valence-corrected chi connectivity index (χ1v) is 8.95. The number of hydrogen-bond acceptors (Lipinski definition) is 5. The van der Waals surface area contributed by atoms with Crippen LogP contribution in [0.3, 0.4) is 0 Å². The molecule has 3 rings (SSSR count). The van der Waals surface area contributed by atoms with E-state index in [1.165, 1.54) is 10.2 Å². The third kappa shape index (κ3) is 3.80. The molecule has 0 unspecified atom stereocenters. The average Bonchev–Trinajstić information content (AvgIpc) is 2.66. The van der Waals surface area contributed by atoms with Crippen LogP contribution in [0.1, 0.15) is 18.5 Å². The van der Waals surface area contributed by atoms with E-state index in [0.717, 1.165) is 11.1 Å². The fourth-order valence-corrected chi connectivity index (χ4v) is 3.54. The Balaban J connectivity index is 1.97. The first-order valence-electron chi connectivity index (χ1n) is 8.95. The van der Waals surface area contributed by atoms with Crippen LogP contribution in [0.5, 0.6) is 5.75 Å². The molecule has 142 valence electrons. The highest BCUT2D eigenvalue weighted by Gasteiger charge is 2.23. The number of hydrogen-bond donors (Lipinski definition) is 1. The molecule has 2 aromatic carbocycles. The Morgan fingerprint density at radius 1 is 1.07 bits per heavy atom. The summed E-state index contributed by atoms with van der Waals surface area (Å²) < 4.78 is 6.65. The maximum atomic E-state index is 12.3. The first-order chi connectivity index (χ1) is 12.9. The van der Waals surface area contributed by atoms with E-state index in [1.807, 2.05) is 36.4 Å². The minimum atomic E-state index is -0.0943. The van der Waals surface area contributed by atoms with E-state index >= 15 is 0 Å². The van der Waals surface area contributed by atoms with Gasteiger partial charge in [0.2, 0.25) is 0 Å². The normalized spacial score (nSPS) is 13.6. The minimum absolute atomic E-state index is 0.0572. The van der Waals surface area contributed by atoms with Gasteiger partial charge in [-0.15, -0.1) is 0 Å². The van der Waals surface area contributed by atoms with Crippen molar-refractivity contribution in [1.82, 2.24) is 14.7 Å². The standard InChI is InChI=1S/C21H26N4O2/c1-14(19(24(2)3)15-10-12-16(27-5)13-11-15)22-20-17-8-6-7-9-18(17)21(26)25(4)23-20/h6-14,19H,1-5H3,(H,22,23)/t14-,19+/m0/s1. The molecule has 0 aliphatic rings. The molecule has 27 heavy (non-hydrogen) atoms. The second kappa shape index (κ2) is 7.80. The molecule has 6 nitrogen and oxygen atoms in total. The van der Waals surface area contributed by atoms with Gasteiger partial charge in [-0.1, -0.05) is 30.3 Å². The Morgan fingerprint density at radius 3 is 2.30 bits per heavy atom. The van der Waals surface area contributed by atoms with Crippen LogP contribution in [0.4, 0.5) is 5.82 Å². The van der Waals surface area contributed by atoms with E-state index in [0.29, 0.717) is 11.2 Å². The number of aromatic nitrogens is 2. The zero-order valence-electron chi connectivity index (χ0n) is 16.4. The molecule has 1 heterocycles. The van der Waals surface area contributed by atoms with Crippen molar-refractivity contribution in [3.63, 3.8) is 0 Å². The van der Waals surface area contributed by atoms with Crippen LogP contribution < -0.4 is 15.6 Å². The molecule has 1 aromatic heterocycles. The van der Waals surface area contributed by atoms with Gasteiger partial charge >= 0.3 is 0 Å². The average molecular weight is 366 g/mol. The summed E-state index contributed by atoms with van der Waals surface area (Å²) in [5, 5.41) is 9.47. The SMILES string of the molecule is COc1ccc([C@@H]([C@H](C)Nc2nn(C)c(=O)c3ccccc23)N(C)C)cc1. The number of nitrogens with zero attached hydrogens (tertiary/aromatic N) is 3.